The molecule has 0 aliphatic rings. The van der Waals surface area contributed by atoms with E-state index in [9.17, 15) is 4.79 Å². The van der Waals surface area contributed by atoms with Crippen molar-refractivity contribution in [2.75, 3.05) is 5.32 Å². The minimum atomic E-state index is -0.369. The summed E-state index contributed by atoms with van der Waals surface area (Å²) in [5.41, 5.74) is 3.88. The van der Waals surface area contributed by atoms with Crippen LogP contribution in [0, 0.1) is 0 Å². The lowest BCUT2D eigenvalue weighted by atomic mass is 10.1. The molecule has 1 atom stereocenters. The summed E-state index contributed by atoms with van der Waals surface area (Å²) in [6, 6.07) is 13.4. The first-order valence-corrected chi connectivity index (χ1v) is 10.8. The Morgan fingerprint density at radius 2 is 1.86 bits per heavy atom. The average Bonchev–Trinajstić information content (AvgIpc) is 3.45. The second-order valence-electron chi connectivity index (χ2n) is 6.35. The fourth-order valence-corrected chi connectivity index (χ4v) is 4.20. The highest BCUT2D eigenvalue weighted by molar-refractivity contribution is 7.19. The van der Waals surface area contributed by atoms with E-state index in [2.05, 4.69) is 25.6 Å². The Labute approximate surface area is 176 Å². The number of carbonyl (C=O) groups excluding carboxylic acids is 1. The SMILES string of the molecule is O=C(Nc1cnc(-c2ccncc2)s1)[C@H](Cc1ccccc1)NCc1cncs1. The van der Waals surface area contributed by atoms with Gasteiger partial charge in [0.2, 0.25) is 5.91 Å². The molecule has 4 rings (SSSR count). The van der Waals surface area contributed by atoms with E-state index >= 15 is 0 Å². The highest BCUT2D eigenvalue weighted by Gasteiger charge is 2.20. The van der Waals surface area contributed by atoms with E-state index in [0.29, 0.717) is 13.0 Å². The molecule has 4 aromatic rings. The van der Waals surface area contributed by atoms with Crippen LogP contribution in [0.25, 0.3) is 10.6 Å². The summed E-state index contributed by atoms with van der Waals surface area (Å²) in [6.07, 6.45) is 7.57. The molecular formula is C21H19N5OS2. The molecule has 146 valence electrons. The van der Waals surface area contributed by atoms with Crippen molar-refractivity contribution in [2.24, 2.45) is 0 Å². The maximum Gasteiger partial charge on any atom is 0.242 e. The number of nitrogens with one attached hydrogen (secondary N) is 2. The van der Waals surface area contributed by atoms with Crippen molar-refractivity contribution in [3.05, 3.63) is 83.2 Å². The zero-order valence-corrected chi connectivity index (χ0v) is 17.1. The van der Waals surface area contributed by atoms with Gasteiger partial charge in [0.05, 0.1) is 17.7 Å². The van der Waals surface area contributed by atoms with Crippen molar-refractivity contribution in [3.63, 3.8) is 0 Å². The molecule has 0 aliphatic heterocycles. The van der Waals surface area contributed by atoms with Crippen LogP contribution in [0.1, 0.15) is 10.4 Å². The van der Waals surface area contributed by atoms with Crippen LogP contribution in [0.15, 0.2) is 72.8 Å². The Morgan fingerprint density at radius 1 is 1.03 bits per heavy atom. The quantitative estimate of drug-likeness (QED) is 0.449. The van der Waals surface area contributed by atoms with Crippen molar-refractivity contribution in [1.82, 2.24) is 20.3 Å². The molecule has 0 aliphatic carbocycles. The Balaban J connectivity index is 1.46. The fourth-order valence-electron chi connectivity index (χ4n) is 2.83. The second kappa shape index (κ2) is 9.51. The molecule has 3 heterocycles. The lowest BCUT2D eigenvalue weighted by Crippen LogP contribution is -2.41. The zero-order chi connectivity index (χ0) is 19.9. The number of benzene rings is 1. The summed E-state index contributed by atoms with van der Waals surface area (Å²) in [6.45, 7) is 0.598. The topological polar surface area (TPSA) is 79.8 Å². The molecule has 6 nitrogen and oxygen atoms in total. The van der Waals surface area contributed by atoms with Crippen molar-refractivity contribution >= 4 is 33.6 Å². The molecule has 2 N–H and O–H groups in total. The maximum absolute atomic E-state index is 13.0. The molecular weight excluding hydrogens is 402 g/mol. The number of amides is 1. The largest absolute Gasteiger partial charge is 0.315 e. The van der Waals surface area contributed by atoms with E-state index < -0.39 is 0 Å². The number of aromatic nitrogens is 3. The number of hydrogen-bond donors (Lipinski definition) is 2. The highest BCUT2D eigenvalue weighted by Crippen LogP contribution is 2.28. The standard InChI is InChI=1S/C21H19N5OS2/c27-20(26-19-13-25-21(29-19)16-6-8-22-9-7-16)18(10-15-4-2-1-3-5-15)24-12-17-11-23-14-28-17/h1-9,11,13-14,18,24H,10,12H2,(H,26,27)/t18-/m0/s1. The minimum Gasteiger partial charge on any atom is -0.315 e. The Bertz CT molecular complexity index is 1040. The number of thiazole rings is 2. The molecule has 0 unspecified atom stereocenters. The van der Waals surface area contributed by atoms with Crippen LogP contribution in [0.4, 0.5) is 5.00 Å². The fraction of sp³-hybridized carbons (Fsp3) is 0.143. The van der Waals surface area contributed by atoms with E-state index in [1.807, 2.05) is 48.7 Å². The normalized spacial score (nSPS) is 11.9. The summed E-state index contributed by atoms with van der Waals surface area (Å²) < 4.78 is 0. The predicted molar refractivity (Wildman–Crippen MR) is 117 cm³/mol. The number of anilines is 1. The third-order valence-corrected chi connectivity index (χ3v) is 6.03. The summed E-state index contributed by atoms with van der Waals surface area (Å²) in [5, 5.41) is 7.94. The molecule has 0 spiro atoms. The van der Waals surface area contributed by atoms with Crippen LogP contribution >= 0.6 is 22.7 Å². The van der Waals surface area contributed by atoms with Crippen LogP contribution in [0.3, 0.4) is 0 Å². The van der Waals surface area contributed by atoms with E-state index in [0.717, 1.165) is 26.0 Å². The first kappa shape index (κ1) is 19.4. The van der Waals surface area contributed by atoms with Gasteiger partial charge in [0, 0.05) is 35.6 Å². The van der Waals surface area contributed by atoms with E-state index in [1.54, 1.807) is 35.4 Å². The Hall–Kier alpha value is -2.94. The molecule has 0 fully saturated rings. The van der Waals surface area contributed by atoms with Crippen molar-refractivity contribution < 1.29 is 4.79 Å². The van der Waals surface area contributed by atoms with E-state index in [-0.39, 0.29) is 11.9 Å². The highest BCUT2D eigenvalue weighted by atomic mass is 32.1. The third-order valence-electron chi connectivity index (χ3n) is 4.28. The van der Waals surface area contributed by atoms with Gasteiger partial charge in [-0.3, -0.25) is 14.8 Å². The molecule has 8 heteroatoms. The molecule has 1 amide bonds. The summed E-state index contributed by atoms with van der Waals surface area (Å²) >= 11 is 3.02. The Kier molecular flexibility index (Phi) is 6.35. The lowest BCUT2D eigenvalue weighted by Gasteiger charge is -2.17. The zero-order valence-electron chi connectivity index (χ0n) is 15.5. The smallest absolute Gasteiger partial charge is 0.242 e. The van der Waals surface area contributed by atoms with Gasteiger partial charge in [0.1, 0.15) is 10.0 Å². The van der Waals surface area contributed by atoms with Crippen LogP contribution in [0.2, 0.25) is 0 Å². The minimum absolute atomic E-state index is 0.0803. The van der Waals surface area contributed by atoms with Crippen LogP contribution in [0.5, 0.6) is 0 Å². The molecule has 0 saturated carbocycles. The number of rotatable bonds is 8. The van der Waals surface area contributed by atoms with E-state index in [1.165, 1.54) is 11.3 Å². The second-order valence-corrected chi connectivity index (χ2v) is 8.35. The van der Waals surface area contributed by atoms with Crippen LogP contribution in [-0.2, 0) is 17.8 Å². The van der Waals surface area contributed by atoms with Gasteiger partial charge >= 0.3 is 0 Å². The van der Waals surface area contributed by atoms with Crippen molar-refractivity contribution in [2.45, 2.75) is 19.0 Å². The lowest BCUT2D eigenvalue weighted by molar-refractivity contribution is -0.118. The van der Waals surface area contributed by atoms with Crippen LogP contribution < -0.4 is 10.6 Å². The third kappa shape index (κ3) is 5.32. The molecule has 3 aromatic heterocycles. The molecule has 0 saturated heterocycles. The van der Waals surface area contributed by atoms with Gasteiger partial charge in [0.25, 0.3) is 0 Å². The number of pyridine rings is 1. The predicted octanol–water partition coefficient (Wildman–Crippen LogP) is 4.00. The van der Waals surface area contributed by atoms with Crippen LogP contribution in [-0.4, -0.2) is 26.9 Å². The summed E-state index contributed by atoms with van der Waals surface area (Å²) in [7, 11) is 0. The van der Waals surface area contributed by atoms with Gasteiger partial charge in [-0.1, -0.05) is 41.7 Å². The monoisotopic (exact) mass is 421 g/mol. The number of hydrogen-bond acceptors (Lipinski definition) is 7. The average molecular weight is 422 g/mol. The number of nitrogens with zero attached hydrogens (tertiary/aromatic N) is 3. The van der Waals surface area contributed by atoms with Crippen molar-refractivity contribution in [3.8, 4) is 10.6 Å². The molecule has 1 aromatic carbocycles. The maximum atomic E-state index is 13.0. The first-order valence-electron chi connectivity index (χ1n) is 9.10. The van der Waals surface area contributed by atoms with Crippen molar-refractivity contribution in [1.29, 1.82) is 0 Å². The van der Waals surface area contributed by atoms with Gasteiger partial charge in [0.15, 0.2) is 0 Å². The Morgan fingerprint density at radius 3 is 2.62 bits per heavy atom. The molecule has 0 radical (unpaired) electrons. The first-order chi connectivity index (χ1) is 14.3. The van der Waals surface area contributed by atoms with Gasteiger partial charge in [-0.05, 0) is 24.1 Å². The summed E-state index contributed by atoms with van der Waals surface area (Å²) in [5.74, 6) is -0.0803. The summed E-state index contributed by atoms with van der Waals surface area (Å²) in [4.78, 5) is 26.6. The van der Waals surface area contributed by atoms with Gasteiger partial charge in [-0.2, -0.15) is 0 Å². The molecule has 29 heavy (non-hydrogen) atoms. The van der Waals surface area contributed by atoms with E-state index in [4.69, 9.17) is 0 Å². The van der Waals surface area contributed by atoms with Gasteiger partial charge in [-0.25, -0.2) is 4.98 Å². The number of carbonyl (C=O) groups is 1. The van der Waals surface area contributed by atoms with Gasteiger partial charge in [-0.15, -0.1) is 11.3 Å². The van der Waals surface area contributed by atoms with Gasteiger partial charge < -0.3 is 10.6 Å². The molecule has 0 bridgehead atoms.